The molecule has 3 N–H and O–H groups in total. The zero-order valence-electron chi connectivity index (χ0n) is 16.5. The monoisotopic (exact) mass is 367 g/mol. The molecule has 1 unspecified atom stereocenters. The summed E-state index contributed by atoms with van der Waals surface area (Å²) < 4.78 is 0. The van der Waals surface area contributed by atoms with Crippen LogP contribution in [0.15, 0.2) is 12.2 Å². The Morgan fingerprint density at radius 1 is 1.23 bits per heavy atom. The quantitative estimate of drug-likeness (QED) is 0.345. The van der Waals surface area contributed by atoms with Crippen molar-refractivity contribution in [2.24, 2.45) is 11.8 Å². The Morgan fingerprint density at radius 2 is 1.96 bits per heavy atom. The normalized spacial score (nSPS) is 24.3. The molecule has 150 valence electrons. The van der Waals surface area contributed by atoms with E-state index in [1.165, 1.54) is 0 Å². The molecule has 5 nitrogen and oxygen atoms in total. The molecule has 5 heteroatoms. The molecule has 4 atom stereocenters. The lowest BCUT2D eigenvalue weighted by molar-refractivity contribution is -0.121. The van der Waals surface area contributed by atoms with Crippen molar-refractivity contribution in [3.05, 3.63) is 12.2 Å². The Morgan fingerprint density at radius 3 is 2.65 bits per heavy atom. The minimum absolute atomic E-state index is 0.0711. The summed E-state index contributed by atoms with van der Waals surface area (Å²) in [7, 11) is 1.65. The van der Waals surface area contributed by atoms with Crippen LogP contribution in [0.25, 0.3) is 0 Å². The minimum atomic E-state index is -0.625. The first-order chi connectivity index (χ1) is 12.5. The van der Waals surface area contributed by atoms with Crippen molar-refractivity contribution in [1.29, 1.82) is 0 Å². The number of amides is 1. The maximum absolute atomic E-state index is 12.2. The van der Waals surface area contributed by atoms with Gasteiger partial charge in [-0.25, -0.2) is 0 Å². The molecule has 1 saturated carbocycles. The number of aliphatic hydroxyl groups is 2. The summed E-state index contributed by atoms with van der Waals surface area (Å²) in [4.78, 5) is 23.4. The summed E-state index contributed by atoms with van der Waals surface area (Å²) in [6, 6.07) is 0. The van der Waals surface area contributed by atoms with Crippen LogP contribution >= 0.6 is 0 Å². The molecule has 0 bridgehead atoms. The van der Waals surface area contributed by atoms with E-state index < -0.39 is 12.2 Å². The predicted molar refractivity (Wildman–Crippen MR) is 104 cm³/mol. The Balaban J connectivity index is 2.37. The van der Waals surface area contributed by atoms with Gasteiger partial charge >= 0.3 is 0 Å². The largest absolute Gasteiger partial charge is 0.392 e. The van der Waals surface area contributed by atoms with Gasteiger partial charge in [0.25, 0.3) is 0 Å². The smallest absolute Gasteiger partial charge is 0.219 e. The molecule has 0 heterocycles. The molecular formula is C21H37NO4. The highest BCUT2D eigenvalue weighted by atomic mass is 16.3. The van der Waals surface area contributed by atoms with Gasteiger partial charge in [-0.3, -0.25) is 9.59 Å². The highest BCUT2D eigenvalue weighted by Crippen LogP contribution is 2.34. The average Bonchev–Trinajstić information content (AvgIpc) is 2.89. The number of rotatable bonds is 13. The second-order valence-corrected chi connectivity index (χ2v) is 7.50. The number of Topliss-reactive ketones (excluding diaryl/α,β-unsaturated/α-hetero) is 1. The molecular weight excluding hydrogens is 330 g/mol. The summed E-state index contributed by atoms with van der Waals surface area (Å²) in [5.41, 5.74) is 0. The first kappa shape index (κ1) is 22.8. The van der Waals surface area contributed by atoms with Crippen LogP contribution in [0.1, 0.15) is 77.6 Å². The summed E-state index contributed by atoms with van der Waals surface area (Å²) in [5, 5.41) is 22.8. The van der Waals surface area contributed by atoms with E-state index in [9.17, 15) is 19.8 Å². The van der Waals surface area contributed by atoms with Crippen LogP contribution in [0.3, 0.4) is 0 Å². The number of carbonyl (C=O) groups is 2. The van der Waals surface area contributed by atoms with E-state index in [0.29, 0.717) is 6.42 Å². The maximum atomic E-state index is 12.2. The molecule has 0 aliphatic heterocycles. The lowest BCUT2D eigenvalue weighted by Crippen LogP contribution is -2.19. The number of nitrogens with one attached hydrogen (secondary N) is 1. The van der Waals surface area contributed by atoms with Gasteiger partial charge in [-0.15, -0.1) is 0 Å². The van der Waals surface area contributed by atoms with Gasteiger partial charge in [0, 0.05) is 31.7 Å². The number of unbranched alkanes of at least 4 members (excludes halogenated alkanes) is 5. The van der Waals surface area contributed by atoms with Gasteiger partial charge in [0.2, 0.25) is 5.91 Å². The number of carbonyl (C=O) groups excluding carboxylic acids is 2. The van der Waals surface area contributed by atoms with Gasteiger partial charge in [0.15, 0.2) is 0 Å². The summed E-state index contributed by atoms with van der Waals surface area (Å²) >= 11 is 0. The fraction of sp³-hybridized carbons (Fsp3) is 0.810. The van der Waals surface area contributed by atoms with Crippen LogP contribution in [0.5, 0.6) is 0 Å². The van der Waals surface area contributed by atoms with Crippen LogP contribution in [0.4, 0.5) is 0 Å². The molecule has 0 spiro atoms. The number of ketones is 1. The number of hydrogen-bond acceptors (Lipinski definition) is 4. The Hall–Kier alpha value is -1.20. The van der Waals surface area contributed by atoms with Crippen LogP contribution < -0.4 is 5.32 Å². The third kappa shape index (κ3) is 8.45. The van der Waals surface area contributed by atoms with Gasteiger partial charge < -0.3 is 15.5 Å². The van der Waals surface area contributed by atoms with Gasteiger partial charge in [-0.05, 0) is 19.3 Å². The lowest BCUT2D eigenvalue weighted by Gasteiger charge is -2.18. The number of aliphatic hydroxyl groups excluding tert-OH is 2. The molecule has 1 aliphatic carbocycles. The van der Waals surface area contributed by atoms with Gasteiger partial charge in [-0.1, -0.05) is 57.6 Å². The van der Waals surface area contributed by atoms with Gasteiger partial charge in [0.1, 0.15) is 5.78 Å². The van der Waals surface area contributed by atoms with E-state index in [0.717, 1.165) is 57.8 Å². The van der Waals surface area contributed by atoms with Gasteiger partial charge in [-0.2, -0.15) is 0 Å². The van der Waals surface area contributed by atoms with Crippen LogP contribution in [0.2, 0.25) is 0 Å². The third-order valence-electron chi connectivity index (χ3n) is 5.34. The Kier molecular flexibility index (Phi) is 11.5. The lowest BCUT2D eigenvalue weighted by atomic mass is 9.88. The van der Waals surface area contributed by atoms with E-state index in [4.69, 9.17) is 0 Å². The van der Waals surface area contributed by atoms with Crippen LogP contribution in [-0.2, 0) is 9.59 Å². The van der Waals surface area contributed by atoms with Crippen molar-refractivity contribution in [2.45, 2.75) is 89.8 Å². The average molecular weight is 368 g/mol. The molecule has 1 rings (SSSR count). The zero-order chi connectivity index (χ0) is 19.4. The molecule has 0 saturated heterocycles. The zero-order valence-corrected chi connectivity index (χ0v) is 16.5. The second-order valence-electron chi connectivity index (χ2n) is 7.50. The molecule has 26 heavy (non-hydrogen) atoms. The SMILES string of the molecule is CCCCC[C@H](O)/C=C/C1[C@H](O)CC(=O)[C@@H]1CCCCCCC(=O)NC. The first-order valence-corrected chi connectivity index (χ1v) is 10.3. The van der Waals surface area contributed by atoms with Crippen molar-refractivity contribution in [3.8, 4) is 0 Å². The molecule has 0 aromatic heterocycles. The van der Waals surface area contributed by atoms with E-state index in [-0.39, 0.29) is 29.9 Å². The molecule has 1 fully saturated rings. The molecule has 0 aromatic carbocycles. The summed E-state index contributed by atoms with van der Waals surface area (Å²) in [6.07, 6.45) is 11.8. The van der Waals surface area contributed by atoms with E-state index in [1.807, 2.05) is 6.08 Å². The van der Waals surface area contributed by atoms with Crippen molar-refractivity contribution >= 4 is 11.7 Å². The highest BCUT2D eigenvalue weighted by Gasteiger charge is 2.39. The standard InChI is InChI=1S/C21H37NO4/c1-3-4-7-10-16(23)13-14-18-17(19(24)15-20(18)25)11-8-5-6-9-12-21(26)22-2/h13-14,16-18,20,23,25H,3-12,15H2,1-2H3,(H,22,26)/b14-13+/t16-,17+,18?,20+/m0/s1. The topological polar surface area (TPSA) is 86.6 Å². The van der Waals surface area contributed by atoms with E-state index >= 15 is 0 Å². The second kappa shape index (κ2) is 13.0. The van der Waals surface area contributed by atoms with Crippen molar-refractivity contribution < 1.29 is 19.8 Å². The Labute approximate surface area is 158 Å². The van der Waals surface area contributed by atoms with Crippen LogP contribution in [-0.4, -0.2) is 41.2 Å². The maximum Gasteiger partial charge on any atom is 0.219 e. The van der Waals surface area contributed by atoms with Crippen LogP contribution in [0, 0.1) is 11.8 Å². The fourth-order valence-electron chi connectivity index (χ4n) is 3.68. The van der Waals surface area contributed by atoms with E-state index in [2.05, 4.69) is 12.2 Å². The fourth-order valence-corrected chi connectivity index (χ4v) is 3.68. The van der Waals surface area contributed by atoms with E-state index in [1.54, 1.807) is 13.1 Å². The Bertz CT molecular complexity index is 449. The predicted octanol–water partition coefficient (Wildman–Crippen LogP) is 3.14. The molecule has 1 amide bonds. The minimum Gasteiger partial charge on any atom is -0.392 e. The number of hydrogen-bond donors (Lipinski definition) is 3. The third-order valence-corrected chi connectivity index (χ3v) is 5.34. The first-order valence-electron chi connectivity index (χ1n) is 10.3. The highest BCUT2D eigenvalue weighted by molar-refractivity contribution is 5.84. The van der Waals surface area contributed by atoms with Crippen molar-refractivity contribution in [1.82, 2.24) is 5.32 Å². The van der Waals surface area contributed by atoms with Gasteiger partial charge in [0.05, 0.1) is 12.2 Å². The van der Waals surface area contributed by atoms with Crippen molar-refractivity contribution in [3.63, 3.8) is 0 Å². The van der Waals surface area contributed by atoms with Crippen molar-refractivity contribution in [2.75, 3.05) is 7.05 Å². The summed E-state index contributed by atoms with van der Waals surface area (Å²) in [5.74, 6) is -0.100. The summed E-state index contributed by atoms with van der Waals surface area (Å²) in [6.45, 7) is 2.13. The molecule has 1 aliphatic rings. The molecule has 0 radical (unpaired) electrons. The molecule has 0 aromatic rings.